The number of aryl methyl sites for hydroxylation is 2. The minimum absolute atomic E-state index is 0.134. The van der Waals surface area contributed by atoms with Gasteiger partial charge in [0.1, 0.15) is 5.82 Å². The van der Waals surface area contributed by atoms with Crippen molar-refractivity contribution in [2.75, 3.05) is 12.9 Å². The molecule has 5 nitrogen and oxygen atoms in total. The lowest BCUT2D eigenvalue weighted by atomic mass is 10.2. The van der Waals surface area contributed by atoms with Gasteiger partial charge in [-0.2, -0.15) is 8.42 Å². The van der Waals surface area contributed by atoms with Crippen LogP contribution >= 0.6 is 0 Å². The maximum atomic E-state index is 11.0. The van der Waals surface area contributed by atoms with E-state index in [1.54, 1.807) is 0 Å². The number of rotatable bonds is 6. The van der Waals surface area contributed by atoms with Crippen LogP contribution < -0.4 is 0 Å². The molecule has 0 saturated heterocycles. The Bertz CT molecular complexity index is 705. The van der Waals surface area contributed by atoms with Crippen molar-refractivity contribution >= 4 is 21.2 Å². The third-order valence-corrected chi connectivity index (χ3v) is 3.74. The molecule has 0 amide bonds. The van der Waals surface area contributed by atoms with E-state index >= 15 is 0 Å². The van der Waals surface area contributed by atoms with E-state index in [1.165, 1.54) is 0 Å². The van der Waals surface area contributed by atoms with Crippen LogP contribution in [0.25, 0.3) is 11.0 Å². The molecule has 0 radical (unpaired) electrons. The van der Waals surface area contributed by atoms with E-state index in [-0.39, 0.29) is 6.61 Å². The maximum absolute atomic E-state index is 11.0. The molecule has 0 saturated carbocycles. The molecule has 0 aliphatic rings. The lowest BCUT2D eigenvalue weighted by molar-refractivity contribution is 0.304. The Morgan fingerprint density at radius 1 is 1.35 bits per heavy atom. The highest BCUT2D eigenvalue weighted by Gasteiger charge is 2.12. The molecule has 1 aromatic heterocycles. The molecule has 0 unspecified atom stereocenters. The van der Waals surface area contributed by atoms with Crippen LogP contribution in [0, 0.1) is 6.92 Å². The first-order valence-electron chi connectivity index (χ1n) is 6.71. The van der Waals surface area contributed by atoms with Gasteiger partial charge in [0.2, 0.25) is 0 Å². The Morgan fingerprint density at radius 3 is 2.75 bits per heavy atom. The molecular weight excluding hydrogens is 276 g/mol. The topological polar surface area (TPSA) is 61.2 Å². The van der Waals surface area contributed by atoms with Crippen molar-refractivity contribution < 1.29 is 12.6 Å². The van der Waals surface area contributed by atoms with Gasteiger partial charge in [-0.15, -0.1) is 0 Å². The van der Waals surface area contributed by atoms with Crippen LogP contribution in [0.15, 0.2) is 18.2 Å². The van der Waals surface area contributed by atoms with Gasteiger partial charge in [-0.3, -0.25) is 4.18 Å². The summed E-state index contributed by atoms with van der Waals surface area (Å²) in [5.41, 5.74) is 3.14. The van der Waals surface area contributed by atoms with Crippen molar-refractivity contribution in [2.24, 2.45) is 0 Å². The fraction of sp³-hybridized carbons (Fsp3) is 0.500. The molecule has 20 heavy (non-hydrogen) atoms. The summed E-state index contributed by atoms with van der Waals surface area (Å²) in [5, 5.41) is 0. The quantitative estimate of drug-likeness (QED) is 0.767. The van der Waals surface area contributed by atoms with Crippen molar-refractivity contribution in [1.29, 1.82) is 0 Å². The van der Waals surface area contributed by atoms with Crippen LogP contribution in [0.5, 0.6) is 0 Å². The van der Waals surface area contributed by atoms with Crippen molar-refractivity contribution in [3.8, 4) is 0 Å². The summed E-state index contributed by atoms with van der Waals surface area (Å²) in [7, 11) is -3.40. The molecule has 0 aliphatic heterocycles. The molecule has 0 N–H and O–H groups in total. The van der Waals surface area contributed by atoms with Gasteiger partial charge in [-0.25, -0.2) is 4.98 Å². The van der Waals surface area contributed by atoms with Gasteiger partial charge in [-0.1, -0.05) is 19.1 Å². The number of fused-ring (bicyclic) bond motifs is 1. The van der Waals surface area contributed by atoms with Crippen molar-refractivity contribution in [3.05, 3.63) is 29.6 Å². The zero-order valence-corrected chi connectivity index (χ0v) is 12.9. The zero-order chi connectivity index (χ0) is 14.8. The first-order chi connectivity index (χ1) is 9.42. The minimum Gasteiger partial charge on any atom is -0.326 e. The van der Waals surface area contributed by atoms with Gasteiger partial charge in [-0.05, 0) is 25.0 Å². The monoisotopic (exact) mass is 296 g/mol. The third-order valence-electron chi connectivity index (χ3n) is 3.15. The summed E-state index contributed by atoms with van der Waals surface area (Å²) in [6, 6.07) is 6.03. The van der Waals surface area contributed by atoms with E-state index in [1.807, 2.05) is 25.1 Å². The number of para-hydroxylation sites is 1. The summed E-state index contributed by atoms with van der Waals surface area (Å²) < 4.78 is 29.0. The van der Waals surface area contributed by atoms with Crippen LogP contribution in [0.3, 0.4) is 0 Å². The van der Waals surface area contributed by atoms with Gasteiger partial charge >= 0.3 is 0 Å². The summed E-state index contributed by atoms with van der Waals surface area (Å²) in [6.45, 7) is 4.75. The zero-order valence-electron chi connectivity index (χ0n) is 12.1. The van der Waals surface area contributed by atoms with E-state index in [4.69, 9.17) is 4.18 Å². The van der Waals surface area contributed by atoms with Crippen LogP contribution in [0.2, 0.25) is 0 Å². The number of benzene rings is 1. The SMILES string of the molecule is CCCc1nc2c(C)cccc2n1CCOS(C)(=O)=O. The highest BCUT2D eigenvalue weighted by molar-refractivity contribution is 7.85. The van der Waals surface area contributed by atoms with Crippen molar-refractivity contribution in [2.45, 2.75) is 33.2 Å². The van der Waals surface area contributed by atoms with Gasteiger partial charge in [0, 0.05) is 13.0 Å². The van der Waals surface area contributed by atoms with Gasteiger partial charge in [0.25, 0.3) is 10.1 Å². The standard InChI is InChI=1S/C14H20N2O3S/c1-4-6-13-15-14-11(2)7-5-8-12(14)16(13)9-10-19-20(3,17)18/h5,7-8H,4,6,9-10H2,1-3H3. The summed E-state index contributed by atoms with van der Waals surface area (Å²) in [5.74, 6) is 0.980. The van der Waals surface area contributed by atoms with E-state index in [0.717, 1.165) is 41.5 Å². The van der Waals surface area contributed by atoms with Crippen LogP contribution in [0.4, 0.5) is 0 Å². The van der Waals surface area contributed by atoms with Crippen LogP contribution in [-0.2, 0) is 27.3 Å². The molecule has 0 bridgehead atoms. The molecule has 0 aliphatic carbocycles. The second-order valence-electron chi connectivity index (χ2n) is 4.90. The van der Waals surface area contributed by atoms with E-state index in [2.05, 4.69) is 16.5 Å². The average Bonchev–Trinajstić information content (AvgIpc) is 2.69. The normalized spacial score (nSPS) is 12.2. The Labute approximate surface area is 119 Å². The largest absolute Gasteiger partial charge is 0.326 e. The Balaban J connectivity index is 2.34. The number of hydrogen-bond acceptors (Lipinski definition) is 4. The molecule has 0 spiro atoms. The number of nitrogens with zero attached hydrogens (tertiary/aromatic N) is 2. The smallest absolute Gasteiger partial charge is 0.264 e. The number of imidazole rings is 1. The summed E-state index contributed by atoms with van der Waals surface area (Å²) >= 11 is 0. The predicted molar refractivity (Wildman–Crippen MR) is 79.3 cm³/mol. The molecule has 110 valence electrons. The van der Waals surface area contributed by atoms with Crippen LogP contribution in [0.1, 0.15) is 24.7 Å². The highest BCUT2D eigenvalue weighted by atomic mass is 32.2. The summed E-state index contributed by atoms with van der Waals surface area (Å²) in [6.07, 6.45) is 2.93. The van der Waals surface area contributed by atoms with Crippen LogP contribution in [-0.4, -0.2) is 30.8 Å². The summed E-state index contributed by atoms with van der Waals surface area (Å²) in [4.78, 5) is 4.67. The second kappa shape index (κ2) is 5.93. The van der Waals surface area contributed by atoms with Gasteiger partial charge < -0.3 is 4.57 Å². The highest BCUT2D eigenvalue weighted by Crippen LogP contribution is 2.20. The van der Waals surface area contributed by atoms with Crippen molar-refractivity contribution in [1.82, 2.24) is 9.55 Å². The van der Waals surface area contributed by atoms with Gasteiger partial charge in [0.05, 0.1) is 23.9 Å². The molecule has 0 atom stereocenters. The fourth-order valence-corrected chi connectivity index (χ4v) is 2.66. The lowest BCUT2D eigenvalue weighted by Crippen LogP contribution is -2.12. The third kappa shape index (κ3) is 3.37. The van der Waals surface area contributed by atoms with E-state index in [9.17, 15) is 8.42 Å². The van der Waals surface area contributed by atoms with Crippen molar-refractivity contribution in [3.63, 3.8) is 0 Å². The van der Waals surface area contributed by atoms with E-state index < -0.39 is 10.1 Å². The molecule has 1 aromatic carbocycles. The first-order valence-corrected chi connectivity index (χ1v) is 8.53. The first kappa shape index (κ1) is 15.0. The molecular formula is C14H20N2O3S. The van der Waals surface area contributed by atoms with E-state index in [0.29, 0.717) is 6.54 Å². The maximum Gasteiger partial charge on any atom is 0.264 e. The second-order valence-corrected chi connectivity index (χ2v) is 6.54. The molecule has 1 heterocycles. The fourth-order valence-electron chi connectivity index (χ4n) is 2.28. The predicted octanol–water partition coefficient (Wildman–Crippen LogP) is 2.27. The Hall–Kier alpha value is -1.40. The molecule has 6 heteroatoms. The molecule has 0 fully saturated rings. The Kier molecular flexibility index (Phi) is 4.45. The minimum atomic E-state index is -3.40. The Morgan fingerprint density at radius 2 is 2.10 bits per heavy atom. The van der Waals surface area contributed by atoms with Gasteiger partial charge in [0.15, 0.2) is 0 Å². The molecule has 2 aromatic rings. The average molecular weight is 296 g/mol. The number of hydrogen-bond donors (Lipinski definition) is 0. The molecule has 2 rings (SSSR count). The lowest BCUT2D eigenvalue weighted by Gasteiger charge is -2.08. The number of aromatic nitrogens is 2.